The van der Waals surface area contributed by atoms with Crippen LogP contribution in [0.25, 0.3) is 0 Å². The summed E-state index contributed by atoms with van der Waals surface area (Å²) in [5.41, 5.74) is 0. The van der Waals surface area contributed by atoms with Crippen LogP contribution in [0.5, 0.6) is 0 Å². The van der Waals surface area contributed by atoms with Crippen LogP contribution in [0.2, 0.25) is 0 Å². The van der Waals surface area contributed by atoms with E-state index in [0.717, 1.165) is 0 Å². The second kappa shape index (κ2) is 3.60. The minimum Gasteiger partial charge on any atom is -0.160 e. The molecule has 0 atom stereocenters. The number of hydrogen-bond donors (Lipinski definition) is 1. The minimum absolute atomic E-state index is 0. The van der Waals surface area contributed by atoms with Gasteiger partial charge in [-0.2, -0.15) is 13.2 Å². The zero-order valence-electron chi connectivity index (χ0n) is 4.80. The quantitative estimate of drug-likeness (QED) is 0.354. The Labute approximate surface area is 69.1 Å². The van der Waals surface area contributed by atoms with Gasteiger partial charge in [0.1, 0.15) is 0 Å². The first-order valence-electron chi connectivity index (χ1n) is 1.60. The van der Waals surface area contributed by atoms with Crippen LogP contribution in [0, 0.1) is 4.78 Å². The van der Waals surface area contributed by atoms with Crippen LogP contribution < -0.4 is 0 Å². The fourth-order valence-corrected chi connectivity index (χ4v) is 0.174. The van der Waals surface area contributed by atoms with E-state index < -0.39 is 23.0 Å². The first-order chi connectivity index (χ1) is 3.81. The topological polar surface area (TPSA) is 23.9 Å². The first-order valence-corrected chi connectivity index (χ1v) is 2.42. The Bertz CT molecular complexity index is 121. The molecule has 0 aromatic carbocycles. The summed E-state index contributed by atoms with van der Waals surface area (Å²) in [6.07, 6.45) is -5.61. The Balaban J connectivity index is 0. The molecule has 8 heteroatoms. The summed E-state index contributed by atoms with van der Waals surface area (Å²) in [6.45, 7) is 0. The van der Waals surface area contributed by atoms with Gasteiger partial charge in [0.05, 0.1) is 0 Å². The average molecular weight is 173 g/mol. The van der Waals surface area contributed by atoms with E-state index in [-0.39, 0.29) is 18.9 Å². The van der Waals surface area contributed by atoms with E-state index in [1.54, 1.807) is 0 Å². The van der Waals surface area contributed by atoms with Crippen LogP contribution in [0.3, 0.4) is 0 Å². The van der Waals surface area contributed by atoms with Crippen LogP contribution in [0.4, 0.5) is 22.0 Å². The van der Waals surface area contributed by atoms with E-state index in [4.69, 9.17) is 4.78 Å². The van der Waals surface area contributed by atoms with Gasteiger partial charge in [-0.05, 0) is 4.78 Å². The molecular formula is C2HF5LiNS+. The number of nitrogens with one attached hydrogen (secondary N) is 1. The minimum atomic E-state index is -5.61. The molecular weight excluding hydrogens is 172 g/mol. The SMILES string of the molecule is N=[S+]C(F)(F)C(F)(F)F.[Li]. The van der Waals surface area contributed by atoms with Crippen LogP contribution in [0.1, 0.15) is 0 Å². The van der Waals surface area contributed by atoms with Crippen molar-refractivity contribution >= 4 is 30.4 Å². The molecule has 55 valence electrons. The molecule has 0 rings (SSSR count). The van der Waals surface area contributed by atoms with Crippen molar-refractivity contribution in [2.24, 2.45) is 0 Å². The summed E-state index contributed by atoms with van der Waals surface area (Å²) >= 11 is -1.27. The molecule has 0 amide bonds. The van der Waals surface area contributed by atoms with Crippen molar-refractivity contribution in [2.75, 3.05) is 0 Å². The van der Waals surface area contributed by atoms with Gasteiger partial charge in [-0.1, -0.05) is 0 Å². The van der Waals surface area contributed by atoms with Gasteiger partial charge in [-0.3, -0.25) is 0 Å². The van der Waals surface area contributed by atoms with Crippen LogP contribution in [0.15, 0.2) is 0 Å². The van der Waals surface area contributed by atoms with Crippen molar-refractivity contribution in [3.63, 3.8) is 0 Å². The maximum atomic E-state index is 11.3. The zero-order chi connectivity index (χ0) is 7.71. The third-order valence-corrected chi connectivity index (χ3v) is 0.946. The summed E-state index contributed by atoms with van der Waals surface area (Å²) < 4.78 is 61.2. The smallest absolute Gasteiger partial charge is 0.160 e. The summed E-state index contributed by atoms with van der Waals surface area (Å²) in [5.74, 6) is 0. The maximum Gasteiger partial charge on any atom is 0.601 e. The van der Waals surface area contributed by atoms with E-state index in [9.17, 15) is 22.0 Å². The first kappa shape index (κ1) is 12.9. The van der Waals surface area contributed by atoms with E-state index in [2.05, 4.69) is 0 Å². The van der Waals surface area contributed by atoms with Crippen LogP contribution >= 0.6 is 0 Å². The van der Waals surface area contributed by atoms with Crippen molar-refractivity contribution in [1.82, 2.24) is 0 Å². The van der Waals surface area contributed by atoms with Crippen molar-refractivity contribution in [3.8, 4) is 0 Å². The average Bonchev–Trinajstić information content (AvgIpc) is 1.64. The van der Waals surface area contributed by atoms with Gasteiger partial charge < -0.3 is 0 Å². The summed E-state index contributed by atoms with van der Waals surface area (Å²) in [6, 6.07) is 0. The number of alkyl halides is 5. The fourth-order valence-electron chi connectivity index (χ4n) is 0.0579. The van der Waals surface area contributed by atoms with Gasteiger partial charge in [0.2, 0.25) is 0 Å². The van der Waals surface area contributed by atoms with Gasteiger partial charge in [-0.15, -0.1) is 8.78 Å². The zero-order valence-corrected chi connectivity index (χ0v) is 5.61. The molecule has 0 saturated heterocycles. The van der Waals surface area contributed by atoms with E-state index in [1.165, 1.54) is 0 Å². The molecule has 10 heavy (non-hydrogen) atoms. The Morgan fingerprint density at radius 3 is 1.30 bits per heavy atom. The number of rotatable bonds is 1. The van der Waals surface area contributed by atoms with Gasteiger partial charge >= 0.3 is 23.0 Å². The Hall–Kier alpha value is 0.267. The van der Waals surface area contributed by atoms with E-state index in [1.807, 2.05) is 0 Å². The molecule has 0 aliphatic rings. The third kappa shape index (κ3) is 2.90. The Kier molecular flexibility index (Phi) is 4.64. The standard InChI is InChI=1S/C2HF5NS.Li/c3-1(4,5)2(6,7)9-8;/h8H;/q+1;. The molecule has 0 heterocycles. The van der Waals surface area contributed by atoms with Crippen LogP contribution in [-0.2, 0) is 11.6 Å². The van der Waals surface area contributed by atoms with E-state index >= 15 is 0 Å². The van der Waals surface area contributed by atoms with Crippen molar-refractivity contribution in [3.05, 3.63) is 0 Å². The molecule has 0 fully saturated rings. The molecule has 1 nitrogen and oxygen atoms in total. The number of halogens is 5. The normalized spacial score (nSPS) is 12.1. The van der Waals surface area contributed by atoms with Gasteiger partial charge in [0.25, 0.3) is 0 Å². The van der Waals surface area contributed by atoms with Gasteiger partial charge in [0.15, 0.2) is 0 Å². The Morgan fingerprint density at radius 2 is 1.30 bits per heavy atom. The van der Waals surface area contributed by atoms with Crippen molar-refractivity contribution < 1.29 is 22.0 Å². The van der Waals surface area contributed by atoms with Crippen molar-refractivity contribution in [1.29, 1.82) is 4.78 Å². The summed E-state index contributed by atoms with van der Waals surface area (Å²) in [7, 11) is 0. The summed E-state index contributed by atoms with van der Waals surface area (Å²) in [4.78, 5) is 0. The molecule has 0 saturated carbocycles. The molecule has 0 aromatic rings. The Morgan fingerprint density at radius 1 is 1.00 bits per heavy atom. The van der Waals surface area contributed by atoms with Crippen molar-refractivity contribution in [2.45, 2.75) is 11.4 Å². The number of hydrogen-bond acceptors (Lipinski definition) is 1. The molecule has 0 aliphatic carbocycles. The predicted octanol–water partition coefficient (Wildman–Crippen LogP) is 1.61. The van der Waals surface area contributed by atoms with E-state index in [0.29, 0.717) is 0 Å². The molecule has 0 spiro atoms. The van der Waals surface area contributed by atoms with Gasteiger partial charge in [-0.25, -0.2) is 0 Å². The predicted molar refractivity (Wildman–Crippen MR) is 26.8 cm³/mol. The molecule has 0 aromatic heterocycles. The fraction of sp³-hybridized carbons (Fsp3) is 1.00. The molecule has 0 bridgehead atoms. The molecule has 0 unspecified atom stereocenters. The monoisotopic (exact) mass is 173 g/mol. The maximum absolute atomic E-state index is 11.3. The molecule has 0 aliphatic heterocycles. The summed E-state index contributed by atoms with van der Waals surface area (Å²) in [5, 5.41) is -4.94. The second-order valence-corrected chi connectivity index (χ2v) is 1.83. The largest absolute Gasteiger partial charge is 0.601 e. The third-order valence-electron chi connectivity index (χ3n) is 0.458. The van der Waals surface area contributed by atoms with Gasteiger partial charge in [0, 0.05) is 18.9 Å². The second-order valence-electron chi connectivity index (χ2n) is 1.12. The molecule has 1 radical (unpaired) electrons. The van der Waals surface area contributed by atoms with Crippen LogP contribution in [-0.4, -0.2) is 30.3 Å². The molecule has 1 N–H and O–H groups in total.